The van der Waals surface area contributed by atoms with Crippen LogP contribution in [0.4, 0.5) is 0 Å². The first kappa shape index (κ1) is 13.8. The first-order valence-electron chi connectivity index (χ1n) is 8.45. The predicted molar refractivity (Wildman–Crippen MR) is 88.3 cm³/mol. The van der Waals surface area contributed by atoms with Gasteiger partial charge in [-0.25, -0.2) is 0 Å². The van der Waals surface area contributed by atoms with E-state index in [1.165, 1.54) is 54.5 Å². The third-order valence-electron chi connectivity index (χ3n) is 5.02. The van der Waals surface area contributed by atoms with Gasteiger partial charge in [0.25, 0.3) is 5.91 Å². The minimum Gasteiger partial charge on any atom is -0.358 e. The molecule has 1 aliphatic carbocycles. The summed E-state index contributed by atoms with van der Waals surface area (Å²) in [5, 5.41) is 4.30. The average molecular weight is 297 g/mol. The largest absolute Gasteiger partial charge is 0.358 e. The highest BCUT2D eigenvalue weighted by Crippen LogP contribution is 2.30. The van der Waals surface area contributed by atoms with Crippen LogP contribution in [0.5, 0.6) is 0 Å². The maximum Gasteiger partial charge on any atom is 0.251 e. The summed E-state index contributed by atoms with van der Waals surface area (Å²) in [6.07, 6.45) is 6.09. The molecule has 2 aromatic rings. The first-order valence-corrected chi connectivity index (χ1v) is 8.45. The molecular formula is C18H23N3O. The van der Waals surface area contributed by atoms with Crippen molar-refractivity contribution in [3.8, 4) is 0 Å². The summed E-state index contributed by atoms with van der Waals surface area (Å²) in [5.41, 5.74) is 4.73. The van der Waals surface area contributed by atoms with E-state index in [0.29, 0.717) is 0 Å². The first-order chi connectivity index (χ1) is 10.8. The summed E-state index contributed by atoms with van der Waals surface area (Å²) in [6, 6.07) is 6.03. The number of rotatable bonds is 4. The van der Waals surface area contributed by atoms with Crippen LogP contribution in [0, 0.1) is 0 Å². The molecule has 2 heterocycles. The van der Waals surface area contributed by atoms with E-state index in [1.54, 1.807) is 0 Å². The molecule has 2 N–H and O–H groups in total. The number of hydrogen-bond donors (Lipinski definition) is 2. The lowest BCUT2D eigenvalue weighted by Gasteiger charge is -2.14. The maximum absolute atomic E-state index is 12.3. The number of carbonyl (C=O) groups is 1. The minimum absolute atomic E-state index is 0.0500. The van der Waals surface area contributed by atoms with Crippen molar-refractivity contribution in [2.75, 3.05) is 26.2 Å². The van der Waals surface area contributed by atoms with Crippen LogP contribution >= 0.6 is 0 Å². The third kappa shape index (κ3) is 2.52. The Kier molecular flexibility index (Phi) is 3.62. The summed E-state index contributed by atoms with van der Waals surface area (Å²) >= 11 is 0. The van der Waals surface area contributed by atoms with Crippen LogP contribution in [0.2, 0.25) is 0 Å². The smallest absolute Gasteiger partial charge is 0.251 e. The number of benzene rings is 1. The highest BCUT2D eigenvalue weighted by Gasteiger charge is 2.18. The van der Waals surface area contributed by atoms with Crippen LogP contribution < -0.4 is 5.32 Å². The van der Waals surface area contributed by atoms with E-state index in [-0.39, 0.29) is 5.91 Å². The van der Waals surface area contributed by atoms with Gasteiger partial charge in [0.15, 0.2) is 0 Å². The molecule has 116 valence electrons. The Morgan fingerprint density at radius 2 is 2.05 bits per heavy atom. The molecule has 0 unspecified atom stereocenters. The summed E-state index contributed by atoms with van der Waals surface area (Å²) in [7, 11) is 0. The SMILES string of the molecule is O=C(NCCN1CCCC1)c1ccc2[nH]c3c(c2c1)CCC3. The van der Waals surface area contributed by atoms with Gasteiger partial charge in [0, 0.05) is 35.2 Å². The molecule has 1 fully saturated rings. The van der Waals surface area contributed by atoms with Crippen molar-refractivity contribution in [3.05, 3.63) is 35.0 Å². The zero-order valence-corrected chi connectivity index (χ0v) is 13.0. The van der Waals surface area contributed by atoms with Crippen LogP contribution in [-0.2, 0) is 12.8 Å². The topological polar surface area (TPSA) is 48.1 Å². The zero-order chi connectivity index (χ0) is 14.9. The molecule has 1 aromatic carbocycles. The number of nitrogens with zero attached hydrogens (tertiary/aromatic N) is 1. The van der Waals surface area contributed by atoms with E-state index in [9.17, 15) is 4.79 Å². The van der Waals surface area contributed by atoms with Gasteiger partial charge < -0.3 is 15.2 Å². The Morgan fingerprint density at radius 3 is 2.91 bits per heavy atom. The number of fused-ring (bicyclic) bond motifs is 3. The Hall–Kier alpha value is -1.81. The molecule has 4 nitrogen and oxygen atoms in total. The van der Waals surface area contributed by atoms with Gasteiger partial charge in [-0.1, -0.05) is 0 Å². The van der Waals surface area contributed by atoms with Crippen molar-refractivity contribution in [2.45, 2.75) is 32.1 Å². The summed E-state index contributed by atoms with van der Waals surface area (Å²) < 4.78 is 0. The van der Waals surface area contributed by atoms with Crippen molar-refractivity contribution in [1.82, 2.24) is 15.2 Å². The minimum atomic E-state index is 0.0500. The molecule has 0 bridgehead atoms. The molecule has 1 aromatic heterocycles. The molecule has 1 amide bonds. The predicted octanol–water partition coefficient (Wildman–Crippen LogP) is 2.48. The molecular weight excluding hydrogens is 274 g/mol. The number of aryl methyl sites for hydroxylation is 2. The number of likely N-dealkylation sites (tertiary alicyclic amines) is 1. The number of aromatic amines is 1. The van der Waals surface area contributed by atoms with E-state index in [1.807, 2.05) is 12.1 Å². The van der Waals surface area contributed by atoms with Crippen molar-refractivity contribution >= 4 is 16.8 Å². The normalized spacial score (nSPS) is 18.0. The van der Waals surface area contributed by atoms with E-state index in [0.717, 1.165) is 31.5 Å². The number of nitrogens with one attached hydrogen (secondary N) is 2. The average Bonchev–Trinajstić information content (AvgIpc) is 3.23. The van der Waals surface area contributed by atoms with Gasteiger partial charge in [0.2, 0.25) is 0 Å². The molecule has 1 saturated heterocycles. The van der Waals surface area contributed by atoms with Crippen molar-refractivity contribution in [3.63, 3.8) is 0 Å². The van der Waals surface area contributed by atoms with Gasteiger partial charge in [-0.15, -0.1) is 0 Å². The van der Waals surface area contributed by atoms with Crippen LogP contribution in [0.3, 0.4) is 0 Å². The quantitative estimate of drug-likeness (QED) is 0.911. The van der Waals surface area contributed by atoms with Crippen molar-refractivity contribution < 1.29 is 4.79 Å². The lowest BCUT2D eigenvalue weighted by molar-refractivity contribution is 0.0950. The number of aromatic nitrogens is 1. The second-order valence-corrected chi connectivity index (χ2v) is 6.50. The van der Waals surface area contributed by atoms with Crippen LogP contribution in [0.25, 0.3) is 10.9 Å². The maximum atomic E-state index is 12.3. The van der Waals surface area contributed by atoms with Crippen LogP contribution in [-0.4, -0.2) is 42.0 Å². The fraction of sp³-hybridized carbons (Fsp3) is 0.500. The van der Waals surface area contributed by atoms with Crippen molar-refractivity contribution in [1.29, 1.82) is 0 Å². The molecule has 0 atom stereocenters. The van der Waals surface area contributed by atoms with Gasteiger partial charge in [0.1, 0.15) is 0 Å². The Morgan fingerprint density at radius 1 is 1.18 bits per heavy atom. The molecule has 0 spiro atoms. The second-order valence-electron chi connectivity index (χ2n) is 6.50. The molecule has 4 heteroatoms. The number of amides is 1. The lowest BCUT2D eigenvalue weighted by Crippen LogP contribution is -2.33. The lowest BCUT2D eigenvalue weighted by atomic mass is 10.1. The fourth-order valence-corrected chi connectivity index (χ4v) is 3.82. The van der Waals surface area contributed by atoms with E-state index >= 15 is 0 Å². The van der Waals surface area contributed by atoms with Gasteiger partial charge in [-0.2, -0.15) is 0 Å². The monoisotopic (exact) mass is 297 g/mol. The number of carbonyl (C=O) groups excluding carboxylic acids is 1. The third-order valence-corrected chi connectivity index (χ3v) is 5.02. The molecule has 0 saturated carbocycles. The van der Waals surface area contributed by atoms with Gasteiger partial charge >= 0.3 is 0 Å². The number of H-pyrrole nitrogens is 1. The summed E-state index contributed by atoms with van der Waals surface area (Å²) in [4.78, 5) is 18.2. The molecule has 2 aliphatic rings. The second kappa shape index (κ2) is 5.76. The number of hydrogen-bond acceptors (Lipinski definition) is 2. The van der Waals surface area contributed by atoms with Crippen LogP contribution in [0.15, 0.2) is 18.2 Å². The van der Waals surface area contributed by atoms with Gasteiger partial charge in [-0.3, -0.25) is 4.79 Å². The highest BCUT2D eigenvalue weighted by atomic mass is 16.1. The van der Waals surface area contributed by atoms with Gasteiger partial charge in [-0.05, 0) is 69.0 Å². The van der Waals surface area contributed by atoms with E-state index < -0.39 is 0 Å². The summed E-state index contributed by atoms with van der Waals surface area (Å²) in [6.45, 7) is 4.06. The molecule has 0 radical (unpaired) electrons. The molecule has 4 rings (SSSR count). The van der Waals surface area contributed by atoms with Crippen LogP contribution in [0.1, 0.15) is 40.9 Å². The zero-order valence-electron chi connectivity index (χ0n) is 13.0. The van der Waals surface area contributed by atoms with E-state index in [2.05, 4.69) is 21.3 Å². The Labute approximate surface area is 130 Å². The highest BCUT2D eigenvalue weighted by molar-refractivity contribution is 5.99. The summed E-state index contributed by atoms with van der Waals surface area (Å²) in [5.74, 6) is 0.0500. The van der Waals surface area contributed by atoms with Gasteiger partial charge in [0.05, 0.1) is 0 Å². The van der Waals surface area contributed by atoms with Crippen molar-refractivity contribution in [2.24, 2.45) is 0 Å². The fourth-order valence-electron chi connectivity index (χ4n) is 3.82. The van der Waals surface area contributed by atoms with E-state index in [4.69, 9.17) is 0 Å². The Balaban J connectivity index is 1.44. The Bertz CT molecular complexity index is 698. The standard InChI is InChI=1S/C18H23N3O/c22-18(19-8-11-21-9-1-2-10-21)13-6-7-17-15(12-13)14-4-3-5-16(14)20-17/h6-7,12,20H,1-5,8-11H2,(H,19,22). The molecule has 1 aliphatic heterocycles. The molecule has 22 heavy (non-hydrogen) atoms.